The molecule has 0 unspecified atom stereocenters. The first-order valence-corrected chi connectivity index (χ1v) is 6.86. The molecule has 0 spiro atoms. The zero-order chi connectivity index (χ0) is 14.6. The third-order valence-corrected chi connectivity index (χ3v) is 3.00. The summed E-state index contributed by atoms with van der Waals surface area (Å²) in [4.78, 5) is 0. The third-order valence-electron chi connectivity index (χ3n) is 3.00. The van der Waals surface area contributed by atoms with Gasteiger partial charge in [-0.1, -0.05) is 27.7 Å². The largest absolute Gasteiger partial charge is 0.394 e. The van der Waals surface area contributed by atoms with Crippen molar-refractivity contribution < 1.29 is 24.8 Å². The smallest absolute Gasteiger partial charge is 0.175 e. The molecule has 6 heteroatoms. The molecule has 0 aromatic rings. The lowest BCUT2D eigenvalue weighted by Gasteiger charge is -2.43. The van der Waals surface area contributed by atoms with E-state index in [0.29, 0.717) is 12.5 Å². The first-order chi connectivity index (χ1) is 8.86. The Bertz CT molecular complexity index is 261. The predicted octanol–water partition coefficient (Wildman–Crippen LogP) is -0.535. The second-order valence-electron chi connectivity index (χ2n) is 5.78. The molecule has 1 fully saturated rings. The lowest BCUT2D eigenvalue weighted by molar-refractivity contribution is -0.273. The topological polar surface area (TPSA) is 91.2 Å². The van der Waals surface area contributed by atoms with E-state index in [9.17, 15) is 15.3 Å². The van der Waals surface area contributed by atoms with E-state index in [1.54, 1.807) is 0 Å². The fourth-order valence-corrected chi connectivity index (χ4v) is 2.07. The number of hydrogen-bond donors (Lipinski definition) is 4. The van der Waals surface area contributed by atoms with Gasteiger partial charge in [-0.05, 0) is 5.92 Å². The molecule has 1 aliphatic rings. The minimum atomic E-state index is -1.12. The molecule has 1 aliphatic heterocycles. The SMILES string of the molecule is CC(C)CO[C@H]1O[C@H](CO)[C@@H](O)[C@H](O)[C@H]1NC(C)C. The first-order valence-electron chi connectivity index (χ1n) is 6.86. The van der Waals surface area contributed by atoms with Crippen molar-refractivity contribution in [2.24, 2.45) is 5.92 Å². The number of rotatable bonds is 6. The Morgan fingerprint density at radius 1 is 1.16 bits per heavy atom. The number of ether oxygens (including phenoxy) is 2. The van der Waals surface area contributed by atoms with Crippen LogP contribution in [0.2, 0.25) is 0 Å². The summed E-state index contributed by atoms with van der Waals surface area (Å²) in [5.74, 6) is 0.333. The normalized spacial score (nSPS) is 36.2. The number of aliphatic hydroxyl groups excluding tert-OH is 3. The quantitative estimate of drug-likeness (QED) is 0.521. The minimum Gasteiger partial charge on any atom is -0.394 e. The molecule has 0 saturated carbocycles. The Labute approximate surface area is 114 Å². The van der Waals surface area contributed by atoms with E-state index in [0.717, 1.165) is 0 Å². The van der Waals surface area contributed by atoms with Crippen LogP contribution in [-0.2, 0) is 9.47 Å². The summed E-state index contributed by atoms with van der Waals surface area (Å²) in [5.41, 5.74) is 0. The van der Waals surface area contributed by atoms with E-state index >= 15 is 0 Å². The monoisotopic (exact) mass is 277 g/mol. The molecule has 19 heavy (non-hydrogen) atoms. The summed E-state index contributed by atoms with van der Waals surface area (Å²) in [6.45, 7) is 8.05. The highest BCUT2D eigenvalue weighted by Gasteiger charge is 2.44. The van der Waals surface area contributed by atoms with Gasteiger partial charge >= 0.3 is 0 Å². The zero-order valence-corrected chi connectivity index (χ0v) is 12.1. The highest BCUT2D eigenvalue weighted by Crippen LogP contribution is 2.23. The van der Waals surface area contributed by atoms with Crippen LogP contribution in [0.1, 0.15) is 27.7 Å². The average molecular weight is 277 g/mol. The Morgan fingerprint density at radius 3 is 2.26 bits per heavy atom. The molecule has 0 aromatic carbocycles. The van der Waals surface area contributed by atoms with Crippen molar-refractivity contribution >= 4 is 0 Å². The van der Waals surface area contributed by atoms with Crippen LogP contribution in [0.5, 0.6) is 0 Å². The maximum Gasteiger partial charge on any atom is 0.175 e. The summed E-state index contributed by atoms with van der Waals surface area (Å²) in [5, 5.41) is 32.3. The molecule has 0 radical (unpaired) electrons. The van der Waals surface area contributed by atoms with E-state index in [-0.39, 0.29) is 12.6 Å². The summed E-state index contributed by atoms with van der Waals surface area (Å²) >= 11 is 0. The molecule has 0 aliphatic carbocycles. The van der Waals surface area contributed by atoms with E-state index in [2.05, 4.69) is 5.32 Å². The van der Waals surface area contributed by atoms with Gasteiger partial charge < -0.3 is 30.1 Å². The van der Waals surface area contributed by atoms with Crippen LogP contribution in [0, 0.1) is 5.92 Å². The Hall–Kier alpha value is -0.240. The third kappa shape index (κ3) is 4.66. The van der Waals surface area contributed by atoms with Crippen molar-refractivity contribution in [3.63, 3.8) is 0 Å². The molecule has 6 nitrogen and oxygen atoms in total. The van der Waals surface area contributed by atoms with Crippen molar-refractivity contribution in [2.75, 3.05) is 13.2 Å². The molecule has 1 saturated heterocycles. The van der Waals surface area contributed by atoms with Gasteiger partial charge in [-0.25, -0.2) is 0 Å². The zero-order valence-electron chi connectivity index (χ0n) is 12.1. The van der Waals surface area contributed by atoms with Gasteiger partial charge in [-0.15, -0.1) is 0 Å². The van der Waals surface area contributed by atoms with Gasteiger partial charge in [-0.3, -0.25) is 0 Å². The van der Waals surface area contributed by atoms with E-state index < -0.39 is 30.6 Å². The minimum absolute atomic E-state index is 0.117. The van der Waals surface area contributed by atoms with E-state index in [1.807, 2.05) is 27.7 Å². The van der Waals surface area contributed by atoms with Crippen molar-refractivity contribution in [1.82, 2.24) is 5.32 Å². The molecular weight excluding hydrogens is 250 g/mol. The molecule has 1 rings (SSSR count). The highest BCUT2D eigenvalue weighted by molar-refractivity contribution is 4.93. The molecule has 0 bridgehead atoms. The number of hydrogen-bond acceptors (Lipinski definition) is 6. The predicted molar refractivity (Wildman–Crippen MR) is 70.6 cm³/mol. The van der Waals surface area contributed by atoms with Crippen molar-refractivity contribution in [3.8, 4) is 0 Å². The van der Waals surface area contributed by atoms with Crippen LogP contribution < -0.4 is 5.32 Å². The van der Waals surface area contributed by atoms with Crippen LogP contribution in [0.3, 0.4) is 0 Å². The average Bonchev–Trinajstić information content (AvgIpc) is 2.33. The van der Waals surface area contributed by atoms with Crippen LogP contribution in [-0.4, -0.2) is 65.2 Å². The second-order valence-corrected chi connectivity index (χ2v) is 5.78. The van der Waals surface area contributed by atoms with Crippen LogP contribution in [0.25, 0.3) is 0 Å². The summed E-state index contributed by atoms with van der Waals surface area (Å²) in [6, 6.07) is -0.400. The molecule has 1 heterocycles. The van der Waals surface area contributed by atoms with Gasteiger partial charge in [0.25, 0.3) is 0 Å². The second kappa shape index (κ2) is 7.52. The Kier molecular flexibility index (Phi) is 6.65. The molecular formula is C13H27NO5. The lowest BCUT2D eigenvalue weighted by Crippen LogP contribution is -2.64. The van der Waals surface area contributed by atoms with E-state index in [4.69, 9.17) is 9.47 Å². The van der Waals surface area contributed by atoms with Crippen LogP contribution in [0.4, 0.5) is 0 Å². The summed E-state index contributed by atoms with van der Waals surface area (Å²) in [6.07, 6.45) is -3.66. The van der Waals surface area contributed by atoms with Gasteiger partial charge in [0, 0.05) is 6.04 Å². The van der Waals surface area contributed by atoms with Gasteiger partial charge in [0.1, 0.15) is 18.3 Å². The fourth-order valence-electron chi connectivity index (χ4n) is 2.07. The standard InChI is InChI=1S/C13H27NO5/c1-7(2)6-18-13-10(14-8(3)4)12(17)11(16)9(5-15)19-13/h7-17H,5-6H2,1-4H3/t9-,10-,11-,12-,13+/m1/s1. The number of aliphatic hydroxyl groups is 3. The lowest BCUT2D eigenvalue weighted by atomic mass is 9.96. The fraction of sp³-hybridized carbons (Fsp3) is 1.00. The summed E-state index contributed by atoms with van der Waals surface area (Å²) < 4.78 is 11.2. The molecule has 4 N–H and O–H groups in total. The Morgan fingerprint density at radius 2 is 1.79 bits per heavy atom. The molecule has 5 atom stereocenters. The molecule has 0 aromatic heterocycles. The van der Waals surface area contributed by atoms with Crippen molar-refractivity contribution in [1.29, 1.82) is 0 Å². The van der Waals surface area contributed by atoms with Crippen LogP contribution in [0.15, 0.2) is 0 Å². The van der Waals surface area contributed by atoms with Gasteiger partial charge in [0.05, 0.1) is 19.3 Å². The Balaban J connectivity index is 2.74. The number of nitrogens with one attached hydrogen (secondary N) is 1. The van der Waals surface area contributed by atoms with E-state index in [1.165, 1.54) is 0 Å². The van der Waals surface area contributed by atoms with Gasteiger partial charge in [0.2, 0.25) is 0 Å². The molecule has 114 valence electrons. The molecule has 0 amide bonds. The highest BCUT2D eigenvalue weighted by atomic mass is 16.7. The van der Waals surface area contributed by atoms with Crippen molar-refractivity contribution in [2.45, 2.75) is 64.4 Å². The first kappa shape index (κ1) is 16.8. The maximum absolute atomic E-state index is 10.1. The maximum atomic E-state index is 10.1. The van der Waals surface area contributed by atoms with Crippen LogP contribution >= 0.6 is 0 Å². The van der Waals surface area contributed by atoms with Gasteiger partial charge in [-0.2, -0.15) is 0 Å². The summed E-state index contributed by atoms with van der Waals surface area (Å²) in [7, 11) is 0. The van der Waals surface area contributed by atoms with Crippen molar-refractivity contribution in [3.05, 3.63) is 0 Å². The van der Waals surface area contributed by atoms with Gasteiger partial charge in [0.15, 0.2) is 6.29 Å².